The van der Waals surface area contributed by atoms with Gasteiger partial charge in [0, 0.05) is 17.1 Å². The summed E-state index contributed by atoms with van der Waals surface area (Å²) >= 11 is 9.13. The predicted molar refractivity (Wildman–Crippen MR) is 72.4 cm³/mol. The lowest BCUT2D eigenvalue weighted by atomic mass is 10.2. The van der Waals surface area contributed by atoms with E-state index in [0.717, 1.165) is 15.9 Å². The molecule has 0 saturated heterocycles. The molecule has 1 heterocycles. The highest BCUT2D eigenvalue weighted by Gasteiger charge is 2.02. The van der Waals surface area contributed by atoms with E-state index >= 15 is 0 Å². The second-order valence-electron chi connectivity index (χ2n) is 3.50. The first-order valence-electron chi connectivity index (χ1n) is 4.98. The second kappa shape index (κ2) is 5.38. The number of phenols is 1. The topological polar surface area (TPSA) is 45.1 Å². The van der Waals surface area contributed by atoms with E-state index in [-0.39, 0.29) is 5.75 Å². The number of rotatable bonds is 3. The van der Waals surface area contributed by atoms with Crippen LogP contribution in [0, 0.1) is 0 Å². The summed E-state index contributed by atoms with van der Waals surface area (Å²) in [5, 5.41) is 13.4. The fourth-order valence-electron chi connectivity index (χ4n) is 1.37. The molecule has 1 aromatic heterocycles. The highest BCUT2D eigenvalue weighted by atomic mass is 79.9. The van der Waals surface area contributed by atoms with Gasteiger partial charge < -0.3 is 10.4 Å². The Morgan fingerprint density at radius 1 is 1.29 bits per heavy atom. The van der Waals surface area contributed by atoms with Crippen molar-refractivity contribution in [3.63, 3.8) is 0 Å². The van der Waals surface area contributed by atoms with E-state index in [0.29, 0.717) is 11.6 Å². The second-order valence-corrected chi connectivity index (χ2v) is 4.75. The number of hydrogen-bond acceptors (Lipinski definition) is 3. The fourth-order valence-corrected chi connectivity index (χ4v) is 1.80. The van der Waals surface area contributed by atoms with Gasteiger partial charge in [0.25, 0.3) is 0 Å². The molecule has 0 aliphatic rings. The Morgan fingerprint density at radius 2 is 2.12 bits per heavy atom. The maximum absolute atomic E-state index is 9.64. The largest absolute Gasteiger partial charge is 0.508 e. The van der Waals surface area contributed by atoms with Crippen LogP contribution in [0.15, 0.2) is 41.1 Å². The third kappa shape index (κ3) is 3.35. The van der Waals surface area contributed by atoms with E-state index < -0.39 is 0 Å². The number of hydrogen-bond donors (Lipinski definition) is 2. The Labute approximate surface area is 113 Å². The molecule has 1 aromatic carbocycles. The summed E-state index contributed by atoms with van der Waals surface area (Å²) in [6.45, 7) is 0.496. The molecule has 0 radical (unpaired) electrons. The van der Waals surface area contributed by atoms with Crippen LogP contribution in [0.4, 0.5) is 5.69 Å². The minimum atomic E-state index is 0.229. The van der Waals surface area contributed by atoms with Crippen molar-refractivity contribution in [2.75, 3.05) is 5.32 Å². The minimum Gasteiger partial charge on any atom is -0.508 e. The number of anilines is 1. The zero-order chi connectivity index (χ0) is 12.3. The monoisotopic (exact) mass is 312 g/mol. The van der Waals surface area contributed by atoms with Gasteiger partial charge in [-0.15, -0.1) is 0 Å². The van der Waals surface area contributed by atoms with Crippen LogP contribution in [0.1, 0.15) is 5.56 Å². The number of nitrogens with zero attached hydrogens (tertiary/aromatic N) is 1. The lowest BCUT2D eigenvalue weighted by Gasteiger charge is -2.08. The molecule has 0 spiro atoms. The molecule has 0 atom stereocenters. The van der Waals surface area contributed by atoms with E-state index in [2.05, 4.69) is 26.2 Å². The van der Waals surface area contributed by atoms with Crippen LogP contribution in [0.2, 0.25) is 5.02 Å². The Morgan fingerprint density at radius 3 is 2.82 bits per heavy atom. The third-order valence-electron chi connectivity index (χ3n) is 2.25. The van der Waals surface area contributed by atoms with Gasteiger partial charge in [-0.3, -0.25) is 0 Å². The molecule has 0 aliphatic carbocycles. The van der Waals surface area contributed by atoms with E-state index in [1.54, 1.807) is 24.4 Å². The van der Waals surface area contributed by atoms with Crippen LogP contribution in [-0.4, -0.2) is 10.1 Å². The van der Waals surface area contributed by atoms with Crippen LogP contribution in [-0.2, 0) is 6.54 Å². The molecule has 0 saturated carbocycles. The van der Waals surface area contributed by atoms with Gasteiger partial charge >= 0.3 is 0 Å². The number of pyridine rings is 1. The molecule has 0 aliphatic heterocycles. The Bertz CT molecular complexity index is 516. The van der Waals surface area contributed by atoms with Gasteiger partial charge in [-0.05, 0) is 46.3 Å². The van der Waals surface area contributed by atoms with E-state index in [4.69, 9.17) is 11.6 Å². The van der Waals surface area contributed by atoms with Crippen molar-refractivity contribution in [1.82, 2.24) is 4.98 Å². The summed E-state index contributed by atoms with van der Waals surface area (Å²) in [6, 6.07) is 8.72. The van der Waals surface area contributed by atoms with Crippen molar-refractivity contribution in [1.29, 1.82) is 0 Å². The molecule has 88 valence electrons. The Kier molecular flexibility index (Phi) is 3.86. The lowest BCUT2D eigenvalue weighted by Crippen LogP contribution is -2.00. The fraction of sp³-hybridized carbons (Fsp3) is 0.0833. The van der Waals surface area contributed by atoms with Gasteiger partial charge in [-0.25, -0.2) is 4.98 Å². The SMILES string of the molecule is Oc1ccc(Cl)cc1CNc1ccc(Br)nc1. The maximum Gasteiger partial charge on any atom is 0.120 e. The molecule has 0 fully saturated rings. The van der Waals surface area contributed by atoms with Gasteiger partial charge in [0.05, 0.1) is 11.9 Å². The average Bonchev–Trinajstić information content (AvgIpc) is 2.32. The zero-order valence-electron chi connectivity index (χ0n) is 8.82. The standard InChI is InChI=1S/C12H10BrClN2O/c13-12-4-2-10(7-16-12)15-6-8-5-9(14)1-3-11(8)17/h1-5,7,15,17H,6H2. The first-order chi connectivity index (χ1) is 8.15. The van der Waals surface area contributed by atoms with Crippen LogP contribution in [0.3, 0.4) is 0 Å². The van der Waals surface area contributed by atoms with Crippen LogP contribution >= 0.6 is 27.5 Å². The number of phenolic OH excluding ortho intramolecular Hbond substituents is 1. The summed E-state index contributed by atoms with van der Waals surface area (Å²) in [7, 11) is 0. The maximum atomic E-state index is 9.64. The Hall–Kier alpha value is -1.26. The van der Waals surface area contributed by atoms with E-state index in [9.17, 15) is 5.11 Å². The zero-order valence-corrected chi connectivity index (χ0v) is 11.2. The van der Waals surface area contributed by atoms with Crippen molar-refractivity contribution in [2.24, 2.45) is 0 Å². The van der Waals surface area contributed by atoms with Gasteiger partial charge in [0.2, 0.25) is 0 Å². The number of aromatic hydroxyl groups is 1. The minimum absolute atomic E-state index is 0.229. The Balaban J connectivity index is 2.07. The quantitative estimate of drug-likeness (QED) is 0.847. The van der Waals surface area contributed by atoms with E-state index in [1.165, 1.54) is 0 Å². The number of aromatic nitrogens is 1. The summed E-state index contributed by atoms with van der Waals surface area (Å²) in [5.41, 5.74) is 1.63. The van der Waals surface area contributed by atoms with E-state index in [1.807, 2.05) is 12.1 Å². The number of benzene rings is 1. The lowest BCUT2D eigenvalue weighted by molar-refractivity contribution is 0.469. The van der Waals surface area contributed by atoms with Crippen LogP contribution in [0.5, 0.6) is 5.75 Å². The first kappa shape index (κ1) is 12.2. The van der Waals surface area contributed by atoms with Gasteiger partial charge in [-0.2, -0.15) is 0 Å². The summed E-state index contributed by atoms with van der Waals surface area (Å²) in [5.74, 6) is 0.229. The molecular weight excluding hydrogens is 304 g/mol. The third-order valence-corrected chi connectivity index (χ3v) is 2.96. The van der Waals surface area contributed by atoms with Crippen molar-refractivity contribution in [2.45, 2.75) is 6.54 Å². The van der Waals surface area contributed by atoms with Crippen molar-refractivity contribution in [3.05, 3.63) is 51.7 Å². The van der Waals surface area contributed by atoms with Crippen molar-refractivity contribution in [3.8, 4) is 5.75 Å². The predicted octanol–water partition coefficient (Wildman–Crippen LogP) is 3.82. The normalized spacial score (nSPS) is 10.2. The van der Waals surface area contributed by atoms with Gasteiger partial charge in [0.1, 0.15) is 10.4 Å². The van der Waals surface area contributed by atoms with Gasteiger partial charge in [0.15, 0.2) is 0 Å². The van der Waals surface area contributed by atoms with Crippen molar-refractivity contribution >= 4 is 33.2 Å². The van der Waals surface area contributed by atoms with Crippen molar-refractivity contribution < 1.29 is 5.11 Å². The molecule has 5 heteroatoms. The molecular formula is C12H10BrClN2O. The first-order valence-corrected chi connectivity index (χ1v) is 6.15. The van der Waals surface area contributed by atoms with Crippen LogP contribution < -0.4 is 5.32 Å². The molecule has 2 N–H and O–H groups in total. The number of nitrogens with one attached hydrogen (secondary N) is 1. The molecule has 3 nitrogen and oxygen atoms in total. The average molecular weight is 314 g/mol. The molecule has 2 rings (SSSR count). The molecule has 0 unspecified atom stereocenters. The smallest absolute Gasteiger partial charge is 0.120 e. The molecule has 2 aromatic rings. The summed E-state index contributed by atoms with van der Waals surface area (Å²) in [4.78, 5) is 4.10. The molecule has 0 amide bonds. The highest BCUT2D eigenvalue weighted by molar-refractivity contribution is 9.10. The number of halogens is 2. The van der Waals surface area contributed by atoms with Crippen LogP contribution in [0.25, 0.3) is 0 Å². The molecule has 0 bridgehead atoms. The molecule has 17 heavy (non-hydrogen) atoms. The summed E-state index contributed by atoms with van der Waals surface area (Å²) < 4.78 is 0.786. The van der Waals surface area contributed by atoms with Gasteiger partial charge in [-0.1, -0.05) is 11.6 Å². The summed E-state index contributed by atoms with van der Waals surface area (Å²) in [6.07, 6.45) is 1.71. The highest BCUT2D eigenvalue weighted by Crippen LogP contribution is 2.22.